The van der Waals surface area contributed by atoms with Gasteiger partial charge < -0.3 is 0 Å². The molecule has 0 bridgehead atoms. The summed E-state index contributed by atoms with van der Waals surface area (Å²) in [5.41, 5.74) is 2.63. The largest absolute Gasteiger partial charge is 0.281 e. The summed E-state index contributed by atoms with van der Waals surface area (Å²) in [6, 6.07) is 6.34. The molecule has 1 N–H and O–H groups in total. The second-order valence-corrected chi connectivity index (χ2v) is 6.97. The summed E-state index contributed by atoms with van der Waals surface area (Å²) in [7, 11) is 0. The third-order valence-corrected chi connectivity index (χ3v) is 4.99. The Kier molecular flexibility index (Phi) is 5.67. The summed E-state index contributed by atoms with van der Waals surface area (Å²) in [6.07, 6.45) is 1.31. The van der Waals surface area contributed by atoms with Crippen molar-refractivity contribution >= 4 is 51.5 Å². The topological polar surface area (TPSA) is 74.7 Å². The van der Waals surface area contributed by atoms with Gasteiger partial charge in [0.1, 0.15) is 11.6 Å². The van der Waals surface area contributed by atoms with E-state index in [1.807, 2.05) is 0 Å². The van der Waals surface area contributed by atoms with Gasteiger partial charge in [-0.25, -0.2) is 19.2 Å². The molecule has 0 fully saturated rings. The minimum Gasteiger partial charge on any atom is -0.274 e. The highest BCUT2D eigenvalue weighted by molar-refractivity contribution is 7.14. The van der Waals surface area contributed by atoms with Crippen LogP contribution in [0.1, 0.15) is 22.3 Å². The fourth-order valence-electron chi connectivity index (χ4n) is 2.13. The first kappa shape index (κ1) is 18.8. The third-order valence-electron chi connectivity index (χ3n) is 3.27. The maximum Gasteiger partial charge on any atom is 0.281 e. The molecule has 3 rings (SSSR count). The first-order chi connectivity index (χ1) is 13.0. The highest BCUT2D eigenvalue weighted by atomic mass is 32.1. The molecule has 27 heavy (non-hydrogen) atoms. The summed E-state index contributed by atoms with van der Waals surface area (Å²) in [6.45, 7) is 1.25. The van der Waals surface area contributed by atoms with Gasteiger partial charge in [-0.15, -0.1) is 22.7 Å². The zero-order valence-corrected chi connectivity index (χ0v) is 15.5. The van der Waals surface area contributed by atoms with Crippen molar-refractivity contribution in [3.05, 3.63) is 63.3 Å². The standard InChI is InChI=1S/C17H12F2N4O2S2/c1-10(24)23(14-5-4-11(18)7-13(14)19)17-21-12(9-27-17)8-20-22-16(25)15-3-2-6-26-15/h2-9H,1H3,(H,22,25)/b20-8-. The van der Waals surface area contributed by atoms with Crippen LogP contribution in [0.2, 0.25) is 0 Å². The smallest absolute Gasteiger partial charge is 0.274 e. The summed E-state index contributed by atoms with van der Waals surface area (Å²) >= 11 is 2.36. The van der Waals surface area contributed by atoms with Gasteiger partial charge in [0.15, 0.2) is 5.13 Å². The first-order valence-corrected chi connectivity index (χ1v) is 9.30. The van der Waals surface area contributed by atoms with E-state index in [0.717, 1.165) is 22.3 Å². The predicted octanol–water partition coefficient (Wildman–Crippen LogP) is 3.93. The van der Waals surface area contributed by atoms with Crippen molar-refractivity contribution in [2.75, 3.05) is 4.90 Å². The minimum atomic E-state index is -0.876. The lowest BCUT2D eigenvalue weighted by molar-refractivity contribution is -0.115. The third kappa shape index (κ3) is 4.41. The number of hydrazone groups is 1. The van der Waals surface area contributed by atoms with Gasteiger partial charge in [0.2, 0.25) is 5.91 Å². The van der Waals surface area contributed by atoms with Crippen molar-refractivity contribution in [3.8, 4) is 0 Å². The van der Waals surface area contributed by atoms with E-state index in [1.165, 1.54) is 30.5 Å². The fraction of sp³-hybridized carbons (Fsp3) is 0.0588. The summed E-state index contributed by atoms with van der Waals surface area (Å²) in [5, 5.41) is 7.37. The van der Waals surface area contributed by atoms with Crippen LogP contribution in [0.25, 0.3) is 0 Å². The Labute approximate surface area is 160 Å². The van der Waals surface area contributed by atoms with Crippen LogP contribution in [0.5, 0.6) is 0 Å². The van der Waals surface area contributed by atoms with Crippen molar-refractivity contribution in [2.24, 2.45) is 5.10 Å². The molecule has 0 spiro atoms. The first-order valence-electron chi connectivity index (χ1n) is 7.54. The molecule has 3 aromatic rings. The van der Waals surface area contributed by atoms with Crippen LogP contribution in [0.3, 0.4) is 0 Å². The molecule has 2 amide bonds. The number of halogens is 2. The quantitative estimate of drug-likeness (QED) is 0.515. The lowest BCUT2D eigenvalue weighted by Crippen LogP contribution is -2.23. The molecule has 6 nitrogen and oxygen atoms in total. The zero-order chi connectivity index (χ0) is 19.4. The normalized spacial score (nSPS) is 10.9. The number of nitrogens with one attached hydrogen (secondary N) is 1. The van der Waals surface area contributed by atoms with E-state index in [0.29, 0.717) is 16.6 Å². The summed E-state index contributed by atoms with van der Waals surface area (Å²) in [5.74, 6) is -2.45. The zero-order valence-electron chi connectivity index (χ0n) is 13.8. The van der Waals surface area contributed by atoms with Crippen LogP contribution in [0.15, 0.2) is 46.2 Å². The lowest BCUT2D eigenvalue weighted by Gasteiger charge is -2.18. The van der Waals surface area contributed by atoms with E-state index in [9.17, 15) is 18.4 Å². The lowest BCUT2D eigenvalue weighted by atomic mass is 10.2. The monoisotopic (exact) mass is 406 g/mol. The van der Waals surface area contributed by atoms with Crippen molar-refractivity contribution in [1.82, 2.24) is 10.4 Å². The van der Waals surface area contributed by atoms with Gasteiger partial charge in [-0.2, -0.15) is 5.10 Å². The molecule has 0 saturated heterocycles. The van der Waals surface area contributed by atoms with Gasteiger partial charge in [0.25, 0.3) is 5.91 Å². The van der Waals surface area contributed by atoms with Crippen LogP contribution in [0.4, 0.5) is 19.6 Å². The number of hydrogen-bond donors (Lipinski definition) is 1. The Morgan fingerprint density at radius 2 is 2.07 bits per heavy atom. The van der Waals surface area contributed by atoms with Crippen LogP contribution in [-0.2, 0) is 4.79 Å². The van der Waals surface area contributed by atoms with Gasteiger partial charge in [0.05, 0.1) is 22.5 Å². The summed E-state index contributed by atoms with van der Waals surface area (Å²) < 4.78 is 27.2. The number of benzene rings is 1. The van der Waals surface area contributed by atoms with Crippen molar-refractivity contribution in [3.63, 3.8) is 0 Å². The van der Waals surface area contributed by atoms with Crippen LogP contribution in [0, 0.1) is 11.6 Å². The molecule has 138 valence electrons. The Morgan fingerprint density at radius 3 is 2.74 bits per heavy atom. The van der Waals surface area contributed by atoms with E-state index < -0.39 is 17.5 Å². The second kappa shape index (κ2) is 8.14. The Hall–Kier alpha value is -2.98. The number of nitrogens with zero attached hydrogens (tertiary/aromatic N) is 3. The molecule has 10 heteroatoms. The molecule has 2 aromatic heterocycles. The Bertz CT molecular complexity index is 1000. The van der Waals surface area contributed by atoms with Gasteiger partial charge in [-0.05, 0) is 23.6 Å². The van der Waals surface area contributed by atoms with E-state index in [2.05, 4.69) is 15.5 Å². The number of carbonyl (C=O) groups excluding carboxylic acids is 2. The molecular formula is C17H12F2N4O2S2. The molecule has 0 radical (unpaired) electrons. The van der Waals surface area contributed by atoms with Crippen LogP contribution >= 0.6 is 22.7 Å². The Balaban J connectivity index is 1.77. The number of hydrogen-bond acceptors (Lipinski definition) is 6. The average Bonchev–Trinajstić information content (AvgIpc) is 3.29. The molecule has 0 saturated carbocycles. The minimum absolute atomic E-state index is 0.104. The van der Waals surface area contributed by atoms with Crippen molar-refractivity contribution < 1.29 is 18.4 Å². The predicted molar refractivity (Wildman–Crippen MR) is 101 cm³/mol. The molecule has 0 unspecified atom stereocenters. The van der Waals surface area contributed by atoms with Gasteiger partial charge in [0, 0.05) is 18.4 Å². The van der Waals surface area contributed by atoms with E-state index in [4.69, 9.17) is 0 Å². The fourth-order valence-corrected chi connectivity index (χ4v) is 3.57. The number of thiazole rings is 1. The summed E-state index contributed by atoms with van der Waals surface area (Å²) in [4.78, 5) is 29.5. The number of amides is 2. The average molecular weight is 406 g/mol. The molecular weight excluding hydrogens is 394 g/mol. The number of carbonyl (C=O) groups is 2. The molecule has 0 aliphatic carbocycles. The molecule has 2 heterocycles. The maximum atomic E-state index is 14.0. The highest BCUT2D eigenvalue weighted by Crippen LogP contribution is 2.30. The SMILES string of the molecule is CC(=O)N(c1nc(/C=N\NC(=O)c2cccs2)cs1)c1ccc(F)cc1F. The van der Waals surface area contributed by atoms with Gasteiger partial charge in [-0.1, -0.05) is 6.07 Å². The number of anilines is 2. The molecule has 1 aromatic carbocycles. The van der Waals surface area contributed by atoms with E-state index >= 15 is 0 Å². The highest BCUT2D eigenvalue weighted by Gasteiger charge is 2.21. The van der Waals surface area contributed by atoms with E-state index in [1.54, 1.807) is 22.9 Å². The van der Waals surface area contributed by atoms with Crippen LogP contribution < -0.4 is 10.3 Å². The van der Waals surface area contributed by atoms with Crippen molar-refractivity contribution in [2.45, 2.75) is 6.92 Å². The van der Waals surface area contributed by atoms with E-state index in [-0.39, 0.29) is 16.7 Å². The van der Waals surface area contributed by atoms with Gasteiger partial charge >= 0.3 is 0 Å². The van der Waals surface area contributed by atoms with Gasteiger partial charge in [-0.3, -0.25) is 14.5 Å². The molecule has 0 aliphatic rings. The number of thiophene rings is 1. The van der Waals surface area contributed by atoms with Crippen LogP contribution in [-0.4, -0.2) is 23.0 Å². The second-order valence-electron chi connectivity index (χ2n) is 5.18. The Morgan fingerprint density at radius 1 is 1.26 bits per heavy atom. The number of aromatic nitrogens is 1. The number of rotatable bonds is 5. The maximum absolute atomic E-state index is 14.0. The van der Waals surface area contributed by atoms with Crippen molar-refractivity contribution in [1.29, 1.82) is 0 Å². The molecule has 0 aliphatic heterocycles. The molecule has 0 atom stereocenters.